The Balaban J connectivity index is 3.01. The van der Waals surface area contributed by atoms with Crippen LogP contribution in [0.4, 0.5) is 8.78 Å². The molecule has 1 unspecified atom stereocenters. The Morgan fingerprint density at radius 2 is 1.92 bits per heavy atom. The lowest BCUT2D eigenvalue weighted by Crippen LogP contribution is -2.37. The molecule has 13 heavy (non-hydrogen) atoms. The van der Waals surface area contributed by atoms with Crippen LogP contribution in [0.3, 0.4) is 0 Å². The van der Waals surface area contributed by atoms with Crippen LogP contribution < -0.4 is 0 Å². The van der Waals surface area contributed by atoms with Crippen LogP contribution in [0.2, 0.25) is 0 Å². The van der Waals surface area contributed by atoms with Crippen molar-refractivity contribution in [1.29, 1.82) is 0 Å². The molecule has 0 aromatic heterocycles. The van der Waals surface area contributed by atoms with Gasteiger partial charge in [-0.3, -0.25) is 0 Å². The van der Waals surface area contributed by atoms with E-state index in [4.69, 9.17) is 46.4 Å². The van der Waals surface area contributed by atoms with Crippen molar-refractivity contribution in [2.75, 3.05) is 0 Å². The summed E-state index contributed by atoms with van der Waals surface area (Å²) in [4.78, 5) is 0. The van der Waals surface area contributed by atoms with Crippen LogP contribution in [-0.4, -0.2) is 9.46 Å². The first kappa shape index (κ1) is 11.6. The smallest absolute Gasteiger partial charge is 0.227 e. The summed E-state index contributed by atoms with van der Waals surface area (Å²) in [5.41, 5.74) is -2.25. The summed E-state index contributed by atoms with van der Waals surface area (Å²) in [5.74, 6) is -0.704. The second-order valence-corrected chi connectivity index (χ2v) is 5.30. The van der Waals surface area contributed by atoms with E-state index in [0.717, 1.165) is 12.2 Å². The number of hydrogen-bond acceptors (Lipinski definition) is 0. The minimum atomic E-state index is -2.25. The fraction of sp³-hybridized carbons (Fsp3) is 0.429. The van der Waals surface area contributed by atoms with Crippen molar-refractivity contribution in [2.24, 2.45) is 0 Å². The lowest BCUT2D eigenvalue weighted by molar-refractivity contribution is 0.233. The largest absolute Gasteiger partial charge is 0.234 e. The number of halogens is 6. The van der Waals surface area contributed by atoms with E-state index >= 15 is 0 Å². The van der Waals surface area contributed by atoms with E-state index in [1.165, 1.54) is 0 Å². The van der Waals surface area contributed by atoms with E-state index in [-0.39, 0.29) is 11.5 Å². The number of rotatable bonds is 0. The Bertz CT molecular complexity index is 279. The molecular formula is C7H4Cl4F2. The number of alkyl halides is 4. The maximum Gasteiger partial charge on any atom is 0.227 e. The molecule has 0 radical (unpaired) electrons. The van der Waals surface area contributed by atoms with Crippen LogP contribution >= 0.6 is 46.4 Å². The molecule has 0 N–H and O–H groups in total. The van der Waals surface area contributed by atoms with Gasteiger partial charge in [-0.25, -0.2) is 8.78 Å². The monoisotopic (exact) mass is 266 g/mol. The van der Waals surface area contributed by atoms with Gasteiger partial charge in [0.15, 0.2) is 5.67 Å². The van der Waals surface area contributed by atoms with Crippen LogP contribution in [0.15, 0.2) is 23.0 Å². The summed E-state index contributed by atoms with van der Waals surface area (Å²) < 4.78 is 24.3. The Morgan fingerprint density at radius 1 is 1.38 bits per heavy atom. The van der Waals surface area contributed by atoms with E-state index in [2.05, 4.69) is 0 Å². The molecule has 0 amide bonds. The van der Waals surface area contributed by atoms with Crippen molar-refractivity contribution in [3.05, 3.63) is 23.0 Å². The molecular weight excluding hydrogens is 264 g/mol. The lowest BCUT2D eigenvalue weighted by atomic mass is 9.98. The Kier molecular flexibility index (Phi) is 3.18. The third kappa shape index (κ3) is 2.30. The minimum Gasteiger partial charge on any atom is -0.234 e. The molecule has 0 aromatic carbocycles. The van der Waals surface area contributed by atoms with Crippen LogP contribution in [0.5, 0.6) is 0 Å². The molecule has 0 fully saturated rings. The highest BCUT2D eigenvalue weighted by molar-refractivity contribution is 6.68. The summed E-state index contributed by atoms with van der Waals surface area (Å²) in [6.07, 6.45) is 1.38. The first-order valence-corrected chi connectivity index (χ1v) is 4.77. The van der Waals surface area contributed by atoms with E-state index < -0.39 is 15.3 Å². The molecule has 0 nitrogen and oxygen atoms in total. The summed E-state index contributed by atoms with van der Waals surface area (Å²) in [6, 6.07) is 0. The van der Waals surface area contributed by atoms with Gasteiger partial charge in [-0.05, 0) is 12.2 Å². The van der Waals surface area contributed by atoms with Crippen molar-refractivity contribution in [3.63, 3.8) is 0 Å². The predicted molar refractivity (Wildman–Crippen MR) is 51.9 cm³/mol. The molecule has 0 aromatic rings. The molecule has 0 aliphatic heterocycles. The molecule has 0 heterocycles. The molecule has 6 heteroatoms. The molecule has 0 spiro atoms. The molecule has 0 saturated heterocycles. The molecule has 0 saturated carbocycles. The van der Waals surface area contributed by atoms with Gasteiger partial charge in [-0.15, -0.1) is 0 Å². The number of hydrogen-bond donors (Lipinski definition) is 0. The van der Waals surface area contributed by atoms with E-state index in [0.29, 0.717) is 0 Å². The van der Waals surface area contributed by atoms with Crippen molar-refractivity contribution < 1.29 is 8.78 Å². The van der Waals surface area contributed by atoms with Gasteiger partial charge in [-0.1, -0.05) is 46.4 Å². The van der Waals surface area contributed by atoms with Crippen molar-refractivity contribution in [1.82, 2.24) is 0 Å². The van der Waals surface area contributed by atoms with Gasteiger partial charge < -0.3 is 0 Å². The Morgan fingerprint density at radius 3 is 2.31 bits per heavy atom. The highest BCUT2D eigenvalue weighted by Crippen LogP contribution is 2.47. The fourth-order valence-electron chi connectivity index (χ4n) is 0.862. The highest BCUT2D eigenvalue weighted by Gasteiger charge is 2.48. The average Bonchev–Trinajstić information content (AvgIpc) is 1.95. The van der Waals surface area contributed by atoms with Crippen LogP contribution in [0, 0.1) is 0 Å². The van der Waals surface area contributed by atoms with Crippen molar-refractivity contribution >= 4 is 46.4 Å². The Labute approximate surface area is 94.1 Å². The van der Waals surface area contributed by atoms with Gasteiger partial charge >= 0.3 is 0 Å². The van der Waals surface area contributed by atoms with Gasteiger partial charge in [-0.2, -0.15) is 0 Å². The zero-order valence-corrected chi connectivity index (χ0v) is 9.15. The predicted octanol–water partition coefficient (Wildman–Crippen LogP) is 4.44. The summed E-state index contributed by atoms with van der Waals surface area (Å²) in [6.45, 7) is 0. The third-order valence-corrected chi connectivity index (χ3v) is 2.87. The first-order chi connectivity index (χ1) is 5.76. The summed E-state index contributed by atoms with van der Waals surface area (Å²) >= 11 is 21.5. The highest BCUT2D eigenvalue weighted by atomic mass is 35.6. The van der Waals surface area contributed by atoms with Crippen LogP contribution in [-0.2, 0) is 0 Å². The normalized spacial score (nSPS) is 29.7. The quantitative estimate of drug-likeness (QED) is 0.569. The maximum absolute atomic E-state index is 13.7. The van der Waals surface area contributed by atoms with E-state index in [1.807, 2.05) is 0 Å². The third-order valence-electron chi connectivity index (χ3n) is 1.63. The zero-order valence-electron chi connectivity index (χ0n) is 6.13. The van der Waals surface area contributed by atoms with Gasteiger partial charge in [0.25, 0.3) is 0 Å². The summed E-state index contributed by atoms with van der Waals surface area (Å²) in [5, 5.41) is -0.375. The van der Waals surface area contributed by atoms with Crippen molar-refractivity contribution in [3.8, 4) is 0 Å². The average molecular weight is 268 g/mol. The minimum absolute atomic E-state index is 0.342. The molecule has 1 aliphatic rings. The topological polar surface area (TPSA) is 0 Å². The van der Waals surface area contributed by atoms with Crippen LogP contribution in [0.25, 0.3) is 0 Å². The number of allylic oxidation sites excluding steroid dienone is 4. The summed E-state index contributed by atoms with van der Waals surface area (Å²) in [7, 11) is 0. The van der Waals surface area contributed by atoms with Crippen molar-refractivity contribution in [2.45, 2.75) is 15.9 Å². The SMILES string of the molecule is FC1=CCC(F)(C(Cl)(Cl)Cl)C=C1Cl. The lowest BCUT2D eigenvalue weighted by Gasteiger charge is -2.30. The van der Waals surface area contributed by atoms with Gasteiger partial charge in [0.2, 0.25) is 3.79 Å². The second-order valence-electron chi connectivity index (χ2n) is 2.61. The molecule has 74 valence electrons. The Hall–Kier alpha value is 0.500. The van der Waals surface area contributed by atoms with Crippen LogP contribution in [0.1, 0.15) is 6.42 Å². The zero-order chi connectivity index (χ0) is 10.3. The first-order valence-electron chi connectivity index (χ1n) is 3.26. The molecule has 0 bridgehead atoms. The molecule has 1 rings (SSSR count). The van der Waals surface area contributed by atoms with Gasteiger partial charge in [0.05, 0.1) is 5.03 Å². The second kappa shape index (κ2) is 3.58. The van der Waals surface area contributed by atoms with E-state index in [9.17, 15) is 8.78 Å². The maximum atomic E-state index is 13.7. The molecule has 1 aliphatic carbocycles. The molecule has 1 atom stereocenters. The van der Waals surface area contributed by atoms with Gasteiger partial charge in [0.1, 0.15) is 5.83 Å². The van der Waals surface area contributed by atoms with E-state index in [1.54, 1.807) is 0 Å². The van der Waals surface area contributed by atoms with Gasteiger partial charge in [0, 0.05) is 6.42 Å². The fourth-order valence-corrected chi connectivity index (χ4v) is 1.51. The standard InChI is InChI=1S/C7H4Cl4F2/c8-4-3-6(13,7(9,10)11)2-1-5(4)12/h1,3H,2H2.